The van der Waals surface area contributed by atoms with Gasteiger partial charge in [0.05, 0.1) is 15.6 Å². The summed E-state index contributed by atoms with van der Waals surface area (Å²) in [5.74, 6) is -1.17. The minimum absolute atomic E-state index is 0.0888. The quantitative estimate of drug-likeness (QED) is 0.674. The number of nitro benzene ring substituents is 1. The van der Waals surface area contributed by atoms with Gasteiger partial charge < -0.3 is 5.32 Å². The zero-order chi connectivity index (χ0) is 15.6. The summed E-state index contributed by atoms with van der Waals surface area (Å²) < 4.78 is 13.1. The van der Waals surface area contributed by atoms with Crippen LogP contribution in [-0.2, 0) is 0 Å². The molecule has 2 aromatic rings. The molecule has 0 aromatic heterocycles. The summed E-state index contributed by atoms with van der Waals surface area (Å²) in [5.41, 5.74) is -0.126. The number of anilines is 1. The highest BCUT2D eigenvalue weighted by atomic mass is 35.5. The Morgan fingerprint density at radius 3 is 2.48 bits per heavy atom. The summed E-state index contributed by atoms with van der Waals surface area (Å²) in [6, 6.07) is 7.03. The molecule has 0 aliphatic heterocycles. The molecule has 5 nitrogen and oxygen atoms in total. The van der Waals surface area contributed by atoms with E-state index in [4.69, 9.17) is 23.2 Å². The number of rotatable bonds is 3. The van der Waals surface area contributed by atoms with E-state index in [1.54, 1.807) is 0 Å². The monoisotopic (exact) mass is 328 g/mol. The number of carbonyl (C=O) groups is 1. The van der Waals surface area contributed by atoms with Crippen molar-refractivity contribution < 1.29 is 14.1 Å². The zero-order valence-electron chi connectivity index (χ0n) is 10.3. The van der Waals surface area contributed by atoms with Gasteiger partial charge in [0.15, 0.2) is 0 Å². The van der Waals surface area contributed by atoms with Crippen molar-refractivity contribution in [2.45, 2.75) is 0 Å². The van der Waals surface area contributed by atoms with Crippen LogP contribution in [0.25, 0.3) is 0 Å². The smallest absolute Gasteiger partial charge is 0.287 e. The average molecular weight is 329 g/mol. The molecular formula is C13H7Cl2FN2O3. The van der Waals surface area contributed by atoms with Gasteiger partial charge >= 0.3 is 0 Å². The fourth-order valence-corrected chi connectivity index (χ4v) is 2.00. The predicted octanol–water partition coefficient (Wildman–Crippen LogP) is 4.29. The normalized spacial score (nSPS) is 10.2. The van der Waals surface area contributed by atoms with Crippen molar-refractivity contribution in [2.75, 3.05) is 5.32 Å². The van der Waals surface area contributed by atoms with Crippen LogP contribution in [0.2, 0.25) is 10.0 Å². The van der Waals surface area contributed by atoms with Crippen LogP contribution in [0, 0.1) is 15.9 Å². The molecule has 0 unspecified atom stereocenters. The van der Waals surface area contributed by atoms with E-state index in [2.05, 4.69) is 5.32 Å². The van der Waals surface area contributed by atoms with E-state index in [0.717, 1.165) is 24.3 Å². The lowest BCUT2D eigenvalue weighted by Crippen LogP contribution is -2.12. The molecule has 0 saturated carbocycles. The molecule has 1 N–H and O–H groups in total. The molecule has 0 aliphatic rings. The van der Waals surface area contributed by atoms with Gasteiger partial charge in [-0.25, -0.2) is 4.39 Å². The first-order valence-electron chi connectivity index (χ1n) is 5.59. The number of hydrogen-bond donors (Lipinski definition) is 1. The molecule has 0 aliphatic carbocycles. The van der Waals surface area contributed by atoms with Gasteiger partial charge in [0.1, 0.15) is 10.8 Å². The van der Waals surface area contributed by atoms with Crippen molar-refractivity contribution in [3.63, 3.8) is 0 Å². The first kappa shape index (κ1) is 15.2. The van der Waals surface area contributed by atoms with E-state index in [1.165, 1.54) is 12.1 Å². The Morgan fingerprint density at radius 2 is 1.86 bits per heavy atom. The van der Waals surface area contributed by atoms with Crippen molar-refractivity contribution >= 4 is 40.5 Å². The van der Waals surface area contributed by atoms with E-state index in [0.29, 0.717) is 0 Å². The summed E-state index contributed by atoms with van der Waals surface area (Å²) in [5, 5.41) is 13.0. The zero-order valence-corrected chi connectivity index (χ0v) is 11.8. The molecule has 108 valence electrons. The van der Waals surface area contributed by atoms with Crippen LogP contribution in [0.3, 0.4) is 0 Å². The van der Waals surface area contributed by atoms with E-state index < -0.39 is 16.6 Å². The summed E-state index contributed by atoms with van der Waals surface area (Å²) in [6.45, 7) is 0. The fraction of sp³-hybridized carbons (Fsp3) is 0. The van der Waals surface area contributed by atoms with Crippen molar-refractivity contribution in [2.24, 2.45) is 0 Å². The second kappa shape index (κ2) is 6.07. The average Bonchev–Trinajstić information content (AvgIpc) is 2.42. The van der Waals surface area contributed by atoms with Gasteiger partial charge in [-0.15, -0.1) is 0 Å². The molecule has 21 heavy (non-hydrogen) atoms. The fourth-order valence-electron chi connectivity index (χ4n) is 1.58. The summed E-state index contributed by atoms with van der Waals surface area (Å²) in [6.07, 6.45) is 0. The number of amides is 1. The lowest BCUT2D eigenvalue weighted by molar-refractivity contribution is -0.384. The Morgan fingerprint density at radius 1 is 1.14 bits per heavy atom. The van der Waals surface area contributed by atoms with Gasteiger partial charge in [-0.2, -0.15) is 0 Å². The molecule has 0 saturated heterocycles. The van der Waals surface area contributed by atoms with E-state index in [-0.39, 0.29) is 27.0 Å². The topological polar surface area (TPSA) is 72.2 Å². The third-order valence-corrected chi connectivity index (χ3v) is 3.22. The molecule has 0 fully saturated rings. The van der Waals surface area contributed by atoms with Crippen molar-refractivity contribution in [1.82, 2.24) is 0 Å². The van der Waals surface area contributed by atoms with Gasteiger partial charge in [0.25, 0.3) is 11.6 Å². The van der Waals surface area contributed by atoms with Crippen LogP contribution in [0.15, 0.2) is 36.4 Å². The first-order valence-corrected chi connectivity index (χ1v) is 6.34. The van der Waals surface area contributed by atoms with Crippen LogP contribution in [-0.4, -0.2) is 10.8 Å². The van der Waals surface area contributed by atoms with Crippen molar-refractivity contribution in [1.29, 1.82) is 0 Å². The summed E-state index contributed by atoms with van der Waals surface area (Å²) in [4.78, 5) is 22.0. The Bertz CT molecular complexity index is 737. The molecule has 0 spiro atoms. The van der Waals surface area contributed by atoms with Gasteiger partial charge in [0.2, 0.25) is 0 Å². The number of nitrogens with zero attached hydrogens (tertiary/aromatic N) is 1. The van der Waals surface area contributed by atoms with E-state index >= 15 is 0 Å². The molecule has 0 bridgehead atoms. The summed E-state index contributed by atoms with van der Waals surface area (Å²) in [7, 11) is 0. The third kappa shape index (κ3) is 3.48. The molecular weight excluding hydrogens is 322 g/mol. The maximum atomic E-state index is 13.1. The second-order valence-electron chi connectivity index (χ2n) is 4.00. The van der Waals surface area contributed by atoms with Crippen LogP contribution < -0.4 is 5.32 Å². The molecule has 2 rings (SSSR count). The molecule has 8 heteroatoms. The third-order valence-electron chi connectivity index (χ3n) is 2.58. The minimum atomic E-state index is -0.659. The van der Waals surface area contributed by atoms with Gasteiger partial charge in [0, 0.05) is 11.6 Å². The maximum absolute atomic E-state index is 13.1. The molecule has 0 atom stereocenters. The number of nitrogens with one attached hydrogen (secondary N) is 1. The Kier molecular flexibility index (Phi) is 4.40. The number of nitro groups is 1. The van der Waals surface area contributed by atoms with Crippen LogP contribution in [0.4, 0.5) is 15.8 Å². The summed E-state index contributed by atoms with van der Waals surface area (Å²) >= 11 is 11.5. The lowest BCUT2D eigenvalue weighted by Gasteiger charge is -2.07. The van der Waals surface area contributed by atoms with E-state index in [9.17, 15) is 19.3 Å². The molecule has 2 aromatic carbocycles. The second-order valence-corrected chi connectivity index (χ2v) is 4.82. The highest BCUT2D eigenvalue weighted by Gasteiger charge is 2.16. The number of hydrogen-bond acceptors (Lipinski definition) is 3. The predicted molar refractivity (Wildman–Crippen MR) is 77.5 cm³/mol. The molecule has 0 radical (unpaired) electrons. The van der Waals surface area contributed by atoms with Crippen molar-refractivity contribution in [3.05, 3.63) is 67.9 Å². The van der Waals surface area contributed by atoms with Gasteiger partial charge in [-0.05, 0) is 30.3 Å². The van der Waals surface area contributed by atoms with Gasteiger partial charge in [-0.3, -0.25) is 14.9 Å². The minimum Gasteiger partial charge on any atom is -0.321 e. The molecule has 0 heterocycles. The van der Waals surface area contributed by atoms with Crippen LogP contribution in [0.5, 0.6) is 0 Å². The number of benzene rings is 2. The Hall–Kier alpha value is -2.18. The van der Waals surface area contributed by atoms with Crippen molar-refractivity contribution in [3.8, 4) is 0 Å². The highest BCUT2D eigenvalue weighted by molar-refractivity contribution is 6.34. The number of carbonyl (C=O) groups excluding carboxylic acids is 1. The Labute approximate surface area is 128 Å². The lowest BCUT2D eigenvalue weighted by atomic mass is 10.2. The first-order chi connectivity index (χ1) is 9.88. The highest BCUT2D eigenvalue weighted by Crippen LogP contribution is 2.27. The SMILES string of the molecule is O=C(Nc1cc(F)ccc1Cl)c1ccc([N+](=O)[O-])c(Cl)c1. The standard InChI is InChI=1S/C13H7Cl2FN2O3/c14-9-3-2-8(16)6-11(9)17-13(19)7-1-4-12(18(20)21)10(15)5-7/h1-6H,(H,17,19). The van der Waals surface area contributed by atoms with E-state index in [1.807, 2.05) is 0 Å². The largest absolute Gasteiger partial charge is 0.321 e. The van der Waals surface area contributed by atoms with Crippen LogP contribution >= 0.6 is 23.2 Å². The number of halogens is 3. The Balaban J connectivity index is 2.26. The van der Waals surface area contributed by atoms with Crippen LogP contribution in [0.1, 0.15) is 10.4 Å². The maximum Gasteiger partial charge on any atom is 0.287 e. The molecule has 1 amide bonds. The van der Waals surface area contributed by atoms with Gasteiger partial charge in [-0.1, -0.05) is 23.2 Å².